The molecule has 1 aromatic rings. The quantitative estimate of drug-likeness (QED) is 0.667. The van der Waals surface area contributed by atoms with Crippen molar-refractivity contribution in [1.29, 1.82) is 0 Å². The molecule has 0 heterocycles. The third-order valence-electron chi connectivity index (χ3n) is 6.05. The highest BCUT2D eigenvalue weighted by Gasteiger charge is 2.37. The molecule has 0 aromatic heterocycles. The summed E-state index contributed by atoms with van der Waals surface area (Å²) in [5.41, 5.74) is 1.75. The molecule has 5 heteroatoms. The first-order valence-electron chi connectivity index (χ1n) is 9.74. The Labute approximate surface area is 169 Å². The molecule has 2 aliphatic rings. The Morgan fingerprint density at radius 1 is 1.11 bits per heavy atom. The Morgan fingerprint density at radius 2 is 1.78 bits per heavy atom. The molecule has 0 amide bonds. The van der Waals surface area contributed by atoms with Gasteiger partial charge in [-0.05, 0) is 49.9 Å². The van der Waals surface area contributed by atoms with Crippen molar-refractivity contribution in [1.82, 2.24) is 10.6 Å². The van der Waals surface area contributed by atoms with E-state index in [1.54, 1.807) is 7.11 Å². The Balaban J connectivity index is 0.00000261. The minimum Gasteiger partial charge on any atom is -0.393 e. The van der Waals surface area contributed by atoms with Crippen molar-refractivity contribution in [3.8, 4) is 0 Å². The molecule has 0 bridgehead atoms. The van der Waals surface area contributed by atoms with Gasteiger partial charge in [0.2, 0.25) is 0 Å². The van der Waals surface area contributed by atoms with Gasteiger partial charge < -0.3 is 20.5 Å². The van der Waals surface area contributed by atoms with E-state index in [9.17, 15) is 5.11 Å². The third-order valence-corrected chi connectivity index (χ3v) is 6.05. The summed E-state index contributed by atoms with van der Waals surface area (Å²) in [4.78, 5) is 0. The van der Waals surface area contributed by atoms with Crippen LogP contribution in [0.1, 0.15) is 31.2 Å². The fourth-order valence-corrected chi connectivity index (χ4v) is 4.16. The van der Waals surface area contributed by atoms with Gasteiger partial charge in [-0.25, -0.2) is 0 Å². The summed E-state index contributed by atoms with van der Waals surface area (Å²) in [7, 11) is 3.74. The van der Waals surface area contributed by atoms with E-state index in [2.05, 4.69) is 54.1 Å². The van der Waals surface area contributed by atoms with Gasteiger partial charge in [0.15, 0.2) is 0 Å². The van der Waals surface area contributed by atoms with E-state index >= 15 is 0 Å². The summed E-state index contributed by atoms with van der Waals surface area (Å²) in [6.07, 6.45) is 11.2. The summed E-state index contributed by atoms with van der Waals surface area (Å²) in [5.74, 6) is 0.0970. The van der Waals surface area contributed by atoms with Gasteiger partial charge in [-0.1, -0.05) is 42.5 Å². The number of hydrogen-bond acceptors (Lipinski definition) is 4. The van der Waals surface area contributed by atoms with Crippen LogP contribution >= 0.6 is 12.4 Å². The van der Waals surface area contributed by atoms with Gasteiger partial charge in [-0.15, -0.1) is 12.4 Å². The topological polar surface area (TPSA) is 53.5 Å². The highest BCUT2D eigenvalue weighted by atomic mass is 35.5. The van der Waals surface area contributed by atoms with Crippen LogP contribution in [0.4, 0.5) is 0 Å². The Morgan fingerprint density at radius 3 is 2.37 bits per heavy atom. The zero-order chi connectivity index (χ0) is 18.4. The van der Waals surface area contributed by atoms with E-state index in [4.69, 9.17) is 4.74 Å². The van der Waals surface area contributed by atoms with Crippen molar-refractivity contribution in [2.45, 2.75) is 43.4 Å². The van der Waals surface area contributed by atoms with Crippen molar-refractivity contribution in [2.24, 2.45) is 5.92 Å². The molecule has 0 spiro atoms. The predicted molar refractivity (Wildman–Crippen MR) is 114 cm³/mol. The van der Waals surface area contributed by atoms with E-state index in [1.165, 1.54) is 36.8 Å². The minimum absolute atomic E-state index is 0. The second-order valence-corrected chi connectivity index (χ2v) is 7.49. The maximum Gasteiger partial charge on any atom is 0.117 e. The molecule has 0 radical (unpaired) electrons. The number of allylic oxidation sites excluding steroid dienone is 2. The first-order chi connectivity index (χ1) is 12.7. The fraction of sp³-hybridized carbons (Fsp3) is 0.545. The van der Waals surface area contributed by atoms with Crippen LogP contribution in [-0.2, 0) is 4.74 Å². The monoisotopic (exact) mass is 392 g/mol. The number of nitrogens with one attached hydrogen (secondary N) is 2. The molecule has 3 N–H and O–H groups in total. The number of methoxy groups -OCH3 is 1. The largest absolute Gasteiger partial charge is 0.393 e. The number of aliphatic hydroxyl groups is 1. The smallest absolute Gasteiger partial charge is 0.117 e. The molecule has 2 unspecified atom stereocenters. The zero-order valence-corrected chi connectivity index (χ0v) is 17.2. The first-order valence-corrected chi connectivity index (χ1v) is 9.74. The molecular formula is C22H33ClN2O2. The van der Waals surface area contributed by atoms with Gasteiger partial charge in [0.05, 0.1) is 6.61 Å². The average Bonchev–Trinajstić information content (AvgIpc) is 2.73. The molecule has 27 heavy (non-hydrogen) atoms. The van der Waals surface area contributed by atoms with Crippen LogP contribution in [0, 0.1) is 5.92 Å². The lowest BCUT2D eigenvalue weighted by molar-refractivity contribution is -0.0443. The average molecular weight is 393 g/mol. The standard InChI is InChI=1S/C22H32N2O2.ClH/c1-23-20-8-10-21(11-9-20)24-15-19-14-18(17-6-4-3-5-7-17)12-13-22(19,16-25)26-2;/h3-7,12-14,19-21,23-25H,8-11,15-16H2,1-2H3;1H. The molecule has 1 saturated carbocycles. The van der Waals surface area contributed by atoms with Crippen molar-refractivity contribution >= 4 is 18.0 Å². The lowest BCUT2D eigenvalue weighted by atomic mass is 9.80. The van der Waals surface area contributed by atoms with Crippen LogP contribution in [0.5, 0.6) is 0 Å². The fourth-order valence-electron chi connectivity index (χ4n) is 4.16. The summed E-state index contributed by atoms with van der Waals surface area (Å²) in [5, 5.41) is 17.2. The van der Waals surface area contributed by atoms with Crippen LogP contribution in [0.2, 0.25) is 0 Å². The lowest BCUT2D eigenvalue weighted by Crippen LogP contribution is -2.49. The molecule has 4 nitrogen and oxygen atoms in total. The number of hydrogen-bond donors (Lipinski definition) is 3. The van der Waals surface area contributed by atoms with E-state index < -0.39 is 5.60 Å². The van der Waals surface area contributed by atoms with Crippen LogP contribution in [0.25, 0.3) is 5.57 Å². The highest BCUT2D eigenvalue weighted by molar-refractivity contribution is 5.85. The van der Waals surface area contributed by atoms with Crippen LogP contribution in [-0.4, -0.2) is 50.1 Å². The number of aliphatic hydroxyl groups excluding tert-OH is 1. The molecule has 2 aliphatic carbocycles. The second kappa shape index (κ2) is 10.4. The number of halogens is 1. The Bertz CT molecular complexity index is 620. The molecule has 2 atom stereocenters. The molecule has 150 valence electrons. The molecule has 1 aromatic carbocycles. The van der Waals surface area contributed by atoms with Crippen molar-refractivity contribution in [3.63, 3.8) is 0 Å². The minimum atomic E-state index is -0.645. The molecular weight excluding hydrogens is 360 g/mol. The van der Waals surface area contributed by atoms with Crippen molar-refractivity contribution in [2.75, 3.05) is 27.3 Å². The third kappa shape index (κ3) is 5.21. The van der Waals surface area contributed by atoms with Gasteiger partial charge in [0.1, 0.15) is 5.60 Å². The molecule has 1 fully saturated rings. The molecule has 3 rings (SSSR count). The maximum atomic E-state index is 10.0. The Hall–Kier alpha value is -1.17. The molecule has 0 aliphatic heterocycles. The van der Waals surface area contributed by atoms with Gasteiger partial charge >= 0.3 is 0 Å². The van der Waals surface area contributed by atoms with Crippen LogP contribution in [0.3, 0.4) is 0 Å². The normalized spacial score (nSPS) is 30.5. The van der Waals surface area contributed by atoms with Crippen LogP contribution in [0.15, 0.2) is 48.6 Å². The van der Waals surface area contributed by atoms with Gasteiger partial charge in [-0.2, -0.15) is 0 Å². The maximum absolute atomic E-state index is 10.0. The van der Waals surface area contributed by atoms with E-state index in [0.717, 1.165) is 6.54 Å². The zero-order valence-electron chi connectivity index (χ0n) is 16.4. The van der Waals surface area contributed by atoms with E-state index in [-0.39, 0.29) is 24.9 Å². The second-order valence-electron chi connectivity index (χ2n) is 7.49. The predicted octanol–water partition coefficient (Wildman–Crippen LogP) is 3.18. The number of ether oxygens (including phenoxy) is 1. The number of rotatable bonds is 7. The van der Waals surface area contributed by atoms with Gasteiger partial charge in [0.25, 0.3) is 0 Å². The summed E-state index contributed by atoms with van der Waals surface area (Å²) in [6.45, 7) is 0.793. The van der Waals surface area contributed by atoms with Gasteiger partial charge in [0, 0.05) is 31.7 Å². The highest BCUT2D eigenvalue weighted by Crippen LogP contribution is 2.33. The van der Waals surface area contributed by atoms with Crippen LogP contribution < -0.4 is 10.6 Å². The lowest BCUT2D eigenvalue weighted by Gasteiger charge is -2.38. The van der Waals surface area contributed by atoms with E-state index in [0.29, 0.717) is 12.1 Å². The Kier molecular flexibility index (Phi) is 8.52. The summed E-state index contributed by atoms with van der Waals surface area (Å²) >= 11 is 0. The van der Waals surface area contributed by atoms with Crippen molar-refractivity contribution < 1.29 is 9.84 Å². The first kappa shape index (κ1) is 22.1. The number of benzene rings is 1. The SMILES string of the molecule is CNC1CCC(NCC2C=C(c3ccccc3)C=CC2(CO)OC)CC1.Cl. The molecule has 0 saturated heterocycles. The summed E-state index contributed by atoms with van der Waals surface area (Å²) in [6, 6.07) is 11.6. The van der Waals surface area contributed by atoms with Gasteiger partial charge in [-0.3, -0.25) is 0 Å². The van der Waals surface area contributed by atoms with E-state index in [1.807, 2.05) is 12.1 Å². The summed E-state index contributed by atoms with van der Waals surface area (Å²) < 4.78 is 5.77. The van der Waals surface area contributed by atoms with Crippen molar-refractivity contribution in [3.05, 3.63) is 54.1 Å².